The van der Waals surface area contributed by atoms with E-state index >= 15 is 0 Å². The first-order valence-corrected chi connectivity index (χ1v) is 6.40. The molecule has 0 bridgehead atoms. The second-order valence-electron chi connectivity index (χ2n) is 4.45. The molecule has 18 heavy (non-hydrogen) atoms. The summed E-state index contributed by atoms with van der Waals surface area (Å²) >= 11 is 0. The first kappa shape index (κ1) is 13.0. The summed E-state index contributed by atoms with van der Waals surface area (Å²) in [5.74, 6) is -0.191. The van der Waals surface area contributed by atoms with Crippen LogP contribution in [0.15, 0.2) is 12.1 Å². The Morgan fingerprint density at radius 1 is 1.33 bits per heavy atom. The second kappa shape index (κ2) is 5.48. The molecular weight excluding hydrogens is 231 g/mol. The van der Waals surface area contributed by atoms with Gasteiger partial charge in [-0.25, -0.2) is 9.07 Å². The van der Waals surface area contributed by atoms with E-state index in [1.54, 1.807) is 10.7 Å². The van der Waals surface area contributed by atoms with E-state index in [1.807, 2.05) is 19.9 Å². The van der Waals surface area contributed by atoms with Gasteiger partial charge in [0.1, 0.15) is 12.5 Å². The highest BCUT2D eigenvalue weighted by molar-refractivity contribution is 5.83. The lowest BCUT2D eigenvalue weighted by molar-refractivity contribution is 0.0721. The summed E-state index contributed by atoms with van der Waals surface area (Å²) in [6.45, 7) is 6.97. The van der Waals surface area contributed by atoms with Gasteiger partial charge in [0.15, 0.2) is 0 Å². The molecule has 0 saturated carbocycles. The Hall–Kier alpha value is -1.42. The zero-order valence-electron chi connectivity index (χ0n) is 11.2. The SMILES string of the molecule is CCCOCn1nc(C)c2c(F)cc(CC)cc21. The lowest BCUT2D eigenvalue weighted by Gasteiger charge is -2.05. The molecule has 1 aromatic heterocycles. The fourth-order valence-electron chi connectivity index (χ4n) is 2.09. The van der Waals surface area contributed by atoms with E-state index in [1.165, 1.54) is 0 Å². The fourth-order valence-corrected chi connectivity index (χ4v) is 2.09. The van der Waals surface area contributed by atoms with Crippen LogP contribution < -0.4 is 0 Å². The number of fused-ring (bicyclic) bond motifs is 1. The van der Waals surface area contributed by atoms with Crippen molar-refractivity contribution in [2.75, 3.05) is 6.61 Å². The molecular formula is C14H19FN2O. The Bertz CT molecular complexity index is 548. The minimum Gasteiger partial charge on any atom is -0.359 e. The highest BCUT2D eigenvalue weighted by Gasteiger charge is 2.12. The maximum atomic E-state index is 14.0. The Labute approximate surface area is 107 Å². The van der Waals surface area contributed by atoms with Crippen LogP contribution in [-0.2, 0) is 17.9 Å². The standard InChI is InChI=1S/C14H19FN2O/c1-4-6-18-9-17-13-8-11(5-2)7-12(15)14(13)10(3)16-17/h7-8H,4-6,9H2,1-3H3. The number of rotatable bonds is 5. The molecule has 0 aliphatic heterocycles. The third kappa shape index (κ3) is 2.38. The Kier molecular flexibility index (Phi) is 3.97. The first-order valence-electron chi connectivity index (χ1n) is 6.40. The molecule has 0 atom stereocenters. The average Bonchev–Trinajstić information content (AvgIpc) is 2.67. The molecule has 98 valence electrons. The van der Waals surface area contributed by atoms with E-state index in [-0.39, 0.29) is 5.82 Å². The number of nitrogens with zero attached hydrogens (tertiary/aromatic N) is 2. The van der Waals surface area contributed by atoms with Gasteiger partial charge in [0.05, 0.1) is 16.6 Å². The maximum Gasteiger partial charge on any atom is 0.140 e. The molecule has 1 aromatic carbocycles. The first-order chi connectivity index (χ1) is 8.67. The molecule has 0 aliphatic carbocycles. The lowest BCUT2D eigenvalue weighted by Crippen LogP contribution is -2.05. The van der Waals surface area contributed by atoms with Crippen LogP contribution in [0.25, 0.3) is 10.9 Å². The molecule has 2 aromatic rings. The molecule has 3 nitrogen and oxygen atoms in total. The normalized spacial score (nSPS) is 11.3. The van der Waals surface area contributed by atoms with E-state index in [0.29, 0.717) is 24.4 Å². The van der Waals surface area contributed by atoms with Gasteiger partial charge in [-0.05, 0) is 37.5 Å². The fraction of sp³-hybridized carbons (Fsp3) is 0.500. The van der Waals surface area contributed by atoms with E-state index in [4.69, 9.17) is 4.74 Å². The minimum absolute atomic E-state index is 0.191. The van der Waals surface area contributed by atoms with Crippen LogP contribution in [0.4, 0.5) is 4.39 Å². The second-order valence-corrected chi connectivity index (χ2v) is 4.45. The van der Waals surface area contributed by atoms with Crippen molar-refractivity contribution < 1.29 is 9.13 Å². The summed E-state index contributed by atoms with van der Waals surface area (Å²) in [4.78, 5) is 0. The molecule has 0 radical (unpaired) electrons. The minimum atomic E-state index is -0.191. The molecule has 1 heterocycles. The molecule has 4 heteroatoms. The van der Waals surface area contributed by atoms with Gasteiger partial charge >= 0.3 is 0 Å². The van der Waals surface area contributed by atoms with Crippen LogP contribution in [0.3, 0.4) is 0 Å². The summed E-state index contributed by atoms with van der Waals surface area (Å²) in [5.41, 5.74) is 2.52. The molecule has 0 fully saturated rings. The maximum absolute atomic E-state index is 14.0. The van der Waals surface area contributed by atoms with Crippen LogP contribution in [0.2, 0.25) is 0 Å². The van der Waals surface area contributed by atoms with E-state index in [0.717, 1.165) is 23.9 Å². The molecule has 0 amide bonds. The Morgan fingerprint density at radius 3 is 2.78 bits per heavy atom. The number of aromatic nitrogens is 2. The van der Waals surface area contributed by atoms with Crippen molar-refractivity contribution in [1.29, 1.82) is 0 Å². The van der Waals surface area contributed by atoms with Crippen LogP contribution in [0.1, 0.15) is 31.5 Å². The zero-order chi connectivity index (χ0) is 13.1. The number of hydrogen-bond donors (Lipinski definition) is 0. The molecule has 0 aliphatic rings. The van der Waals surface area contributed by atoms with E-state index in [9.17, 15) is 4.39 Å². The van der Waals surface area contributed by atoms with Crippen molar-refractivity contribution >= 4 is 10.9 Å². The topological polar surface area (TPSA) is 27.1 Å². The van der Waals surface area contributed by atoms with Gasteiger partial charge in [-0.3, -0.25) is 0 Å². The van der Waals surface area contributed by atoms with Crippen molar-refractivity contribution in [3.05, 3.63) is 29.2 Å². The van der Waals surface area contributed by atoms with Crippen molar-refractivity contribution in [3.63, 3.8) is 0 Å². The lowest BCUT2D eigenvalue weighted by atomic mass is 10.1. The largest absolute Gasteiger partial charge is 0.359 e. The quantitative estimate of drug-likeness (QED) is 0.760. The van der Waals surface area contributed by atoms with E-state index < -0.39 is 0 Å². The van der Waals surface area contributed by atoms with Gasteiger partial charge in [-0.15, -0.1) is 0 Å². The summed E-state index contributed by atoms with van der Waals surface area (Å²) < 4.78 is 21.2. The van der Waals surface area contributed by atoms with Gasteiger partial charge in [0, 0.05) is 6.61 Å². The third-order valence-corrected chi connectivity index (χ3v) is 3.01. The smallest absolute Gasteiger partial charge is 0.140 e. The highest BCUT2D eigenvalue weighted by Crippen LogP contribution is 2.23. The number of hydrogen-bond acceptors (Lipinski definition) is 2. The monoisotopic (exact) mass is 250 g/mol. The van der Waals surface area contributed by atoms with Crippen molar-refractivity contribution in [2.24, 2.45) is 0 Å². The van der Waals surface area contributed by atoms with Gasteiger partial charge in [0.25, 0.3) is 0 Å². The van der Waals surface area contributed by atoms with Gasteiger partial charge < -0.3 is 4.74 Å². The predicted molar refractivity (Wildman–Crippen MR) is 70.0 cm³/mol. The summed E-state index contributed by atoms with van der Waals surface area (Å²) in [7, 11) is 0. The van der Waals surface area contributed by atoms with Crippen LogP contribution in [-0.4, -0.2) is 16.4 Å². The van der Waals surface area contributed by atoms with Crippen molar-refractivity contribution in [1.82, 2.24) is 9.78 Å². The zero-order valence-corrected chi connectivity index (χ0v) is 11.2. The Morgan fingerprint density at radius 2 is 2.11 bits per heavy atom. The molecule has 0 unspecified atom stereocenters. The predicted octanol–water partition coefficient (Wildman–Crippen LogP) is 3.43. The average molecular weight is 250 g/mol. The number of halogens is 1. The molecule has 0 saturated heterocycles. The van der Waals surface area contributed by atoms with Crippen LogP contribution in [0.5, 0.6) is 0 Å². The highest BCUT2D eigenvalue weighted by atomic mass is 19.1. The van der Waals surface area contributed by atoms with E-state index in [2.05, 4.69) is 12.0 Å². The number of aryl methyl sites for hydroxylation is 2. The van der Waals surface area contributed by atoms with Gasteiger partial charge in [0.2, 0.25) is 0 Å². The third-order valence-electron chi connectivity index (χ3n) is 3.01. The summed E-state index contributed by atoms with van der Waals surface area (Å²) in [6, 6.07) is 3.59. The summed E-state index contributed by atoms with van der Waals surface area (Å²) in [6.07, 6.45) is 1.78. The molecule has 0 spiro atoms. The Balaban J connectivity index is 2.44. The number of benzene rings is 1. The van der Waals surface area contributed by atoms with Crippen molar-refractivity contribution in [3.8, 4) is 0 Å². The van der Waals surface area contributed by atoms with Crippen LogP contribution in [0, 0.1) is 12.7 Å². The summed E-state index contributed by atoms with van der Waals surface area (Å²) in [5, 5.41) is 4.95. The van der Waals surface area contributed by atoms with Crippen molar-refractivity contribution in [2.45, 2.75) is 40.3 Å². The number of ether oxygens (including phenoxy) is 1. The molecule has 0 N–H and O–H groups in total. The van der Waals surface area contributed by atoms with Gasteiger partial charge in [-0.1, -0.05) is 13.8 Å². The van der Waals surface area contributed by atoms with Crippen LogP contribution >= 0.6 is 0 Å². The molecule has 2 rings (SSSR count). The van der Waals surface area contributed by atoms with Gasteiger partial charge in [-0.2, -0.15) is 5.10 Å².